The van der Waals surface area contributed by atoms with E-state index in [0.717, 1.165) is 30.7 Å². The van der Waals surface area contributed by atoms with Crippen LogP contribution >= 0.6 is 0 Å². The number of carbonyl (C=O) groups is 1. The maximum Gasteiger partial charge on any atom is 0.259 e. The van der Waals surface area contributed by atoms with Crippen LogP contribution in [0.15, 0.2) is 59.7 Å². The number of methoxy groups -OCH3 is 1. The fourth-order valence-corrected chi connectivity index (χ4v) is 3.31. The summed E-state index contributed by atoms with van der Waals surface area (Å²) in [5, 5.41) is 7.53. The van der Waals surface area contributed by atoms with Crippen molar-refractivity contribution < 1.29 is 9.53 Å². The first kappa shape index (κ1) is 18.0. The molecule has 0 unspecified atom stereocenters. The van der Waals surface area contributed by atoms with E-state index in [2.05, 4.69) is 40.1 Å². The van der Waals surface area contributed by atoms with Gasteiger partial charge in [-0.05, 0) is 37.0 Å². The van der Waals surface area contributed by atoms with Gasteiger partial charge in [-0.3, -0.25) is 4.79 Å². The van der Waals surface area contributed by atoms with Crippen molar-refractivity contribution in [2.75, 3.05) is 19.0 Å². The van der Waals surface area contributed by atoms with Gasteiger partial charge in [0, 0.05) is 11.6 Å². The third-order valence-electron chi connectivity index (χ3n) is 4.65. The zero-order valence-electron chi connectivity index (χ0n) is 15.1. The number of anilines is 1. The second kappa shape index (κ2) is 9.04. The van der Waals surface area contributed by atoms with E-state index >= 15 is 0 Å². The number of benzene rings is 2. The van der Waals surface area contributed by atoms with E-state index in [1.165, 1.54) is 12.0 Å². The van der Waals surface area contributed by atoms with E-state index in [9.17, 15) is 4.79 Å². The van der Waals surface area contributed by atoms with Gasteiger partial charge in [-0.2, -0.15) is 5.10 Å². The van der Waals surface area contributed by atoms with Gasteiger partial charge in [-0.15, -0.1) is 0 Å². The first-order valence-corrected chi connectivity index (χ1v) is 9.05. The van der Waals surface area contributed by atoms with Gasteiger partial charge in [0.25, 0.3) is 5.91 Å². The molecule has 0 heterocycles. The number of nitrogens with one attached hydrogen (secondary N) is 2. The van der Waals surface area contributed by atoms with Gasteiger partial charge < -0.3 is 10.1 Å². The van der Waals surface area contributed by atoms with Crippen LogP contribution in [0.4, 0.5) is 5.69 Å². The monoisotopic (exact) mass is 351 g/mol. The molecule has 2 aromatic carbocycles. The highest BCUT2D eigenvalue weighted by atomic mass is 16.5. The molecule has 136 valence electrons. The molecule has 2 aromatic rings. The molecule has 1 fully saturated rings. The van der Waals surface area contributed by atoms with Crippen molar-refractivity contribution in [2.45, 2.75) is 31.6 Å². The van der Waals surface area contributed by atoms with Crippen molar-refractivity contribution in [2.24, 2.45) is 5.10 Å². The van der Waals surface area contributed by atoms with E-state index in [0.29, 0.717) is 11.7 Å². The summed E-state index contributed by atoms with van der Waals surface area (Å²) in [5.74, 6) is 0.844. The van der Waals surface area contributed by atoms with Gasteiger partial charge in [-0.1, -0.05) is 48.9 Å². The number of carbonyl (C=O) groups excluding carboxylic acids is 1. The smallest absolute Gasteiger partial charge is 0.259 e. The van der Waals surface area contributed by atoms with Gasteiger partial charge in [0.15, 0.2) is 0 Å². The summed E-state index contributed by atoms with van der Waals surface area (Å²) in [7, 11) is 1.61. The first-order chi connectivity index (χ1) is 12.8. The molecular weight excluding hydrogens is 326 g/mol. The van der Waals surface area contributed by atoms with E-state index in [-0.39, 0.29) is 12.5 Å². The molecule has 0 radical (unpaired) electrons. The van der Waals surface area contributed by atoms with Gasteiger partial charge in [0.2, 0.25) is 0 Å². The zero-order chi connectivity index (χ0) is 18.2. The van der Waals surface area contributed by atoms with Crippen molar-refractivity contribution in [3.05, 3.63) is 60.2 Å². The largest absolute Gasteiger partial charge is 0.495 e. The molecule has 26 heavy (non-hydrogen) atoms. The lowest BCUT2D eigenvalue weighted by atomic mass is 9.82. The molecule has 0 aliphatic heterocycles. The fourth-order valence-electron chi connectivity index (χ4n) is 3.31. The number of nitrogens with zero attached hydrogens (tertiary/aromatic N) is 1. The summed E-state index contributed by atoms with van der Waals surface area (Å²) in [6.07, 6.45) is 4.33. The van der Waals surface area contributed by atoms with Crippen LogP contribution in [0.2, 0.25) is 0 Å². The molecule has 0 bridgehead atoms. The highest BCUT2D eigenvalue weighted by molar-refractivity contribution is 5.93. The van der Waals surface area contributed by atoms with Crippen LogP contribution in [-0.4, -0.2) is 25.3 Å². The van der Waals surface area contributed by atoms with Gasteiger partial charge in [-0.25, -0.2) is 5.43 Å². The van der Waals surface area contributed by atoms with E-state index < -0.39 is 0 Å². The maximum absolute atomic E-state index is 12.2. The van der Waals surface area contributed by atoms with Crippen LogP contribution in [0, 0.1) is 0 Å². The highest BCUT2D eigenvalue weighted by Crippen LogP contribution is 2.30. The predicted octanol–water partition coefficient (Wildman–Crippen LogP) is 3.94. The minimum absolute atomic E-state index is 0.146. The Morgan fingerprint density at radius 1 is 1.12 bits per heavy atom. The standard InChI is InChI=1S/C21H25N3O2/c1-26-20-14-8-7-13-19(20)22-15-21(25)24-23-18-12-6-5-11-17(18)16-9-3-2-4-10-16/h2-4,7-10,13-14,17,22H,5-6,11-12,15H2,1H3,(H,24,25)/b23-18-/t17-/m1/s1. The fraction of sp³-hybridized carbons (Fsp3) is 0.333. The summed E-state index contributed by atoms with van der Waals surface area (Å²) < 4.78 is 5.27. The number of hydrazone groups is 1. The Labute approximate surface area is 154 Å². The quantitative estimate of drug-likeness (QED) is 0.775. The van der Waals surface area contributed by atoms with Crippen molar-refractivity contribution >= 4 is 17.3 Å². The average molecular weight is 351 g/mol. The maximum atomic E-state index is 12.2. The average Bonchev–Trinajstić information content (AvgIpc) is 2.71. The van der Waals surface area contributed by atoms with Crippen LogP contribution < -0.4 is 15.5 Å². The van der Waals surface area contributed by atoms with Crippen molar-refractivity contribution in [1.82, 2.24) is 5.43 Å². The summed E-state index contributed by atoms with van der Waals surface area (Å²) in [6, 6.07) is 17.9. The van der Waals surface area contributed by atoms with Crippen molar-refractivity contribution in [3.63, 3.8) is 0 Å². The van der Waals surface area contributed by atoms with Crippen LogP contribution in [0.1, 0.15) is 37.2 Å². The number of ether oxygens (including phenoxy) is 1. The molecule has 1 atom stereocenters. The minimum atomic E-state index is -0.166. The molecule has 3 rings (SSSR count). The predicted molar refractivity (Wildman–Crippen MR) is 105 cm³/mol. The van der Waals surface area contributed by atoms with Crippen LogP contribution in [0.3, 0.4) is 0 Å². The molecule has 0 saturated heterocycles. The second-order valence-electron chi connectivity index (χ2n) is 6.40. The van der Waals surface area contributed by atoms with Crippen molar-refractivity contribution in [3.8, 4) is 5.75 Å². The van der Waals surface area contributed by atoms with Crippen LogP contribution in [0.25, 0.3) is 0 Å². The molecular formula is C21H25N3O2. The molecule has 5 heteroatoms. The Balaban J connectivity index is 1.59. The third kappa shape index (κ3) is 4.63. The van der Waals surface area contributed by atoms with E-state index in [4.69, 9.17) is 4.74 Å². The second-order valence-corrected chi connectivity index (χ2v) is 6.40. The zero-order valence-corrected chi connectivity index (χ0v) is 15.1. The summed E-state index contributed by atoms with van der Waals surface area (Å²) in [4.78, 5) is 12.2. The Bertz CT molecular complexity index is 759. The Hall–Kier alpha value is -2.82. The van der Waals surface area contributed by atoms with E-state index in [1.807, 2.05) is 30.3 Å². The summed E-state index contributed by atoms with van der Waals surface area (Å²) in [5.41, 5.74) is 5.83. The topological polar surface area (TPSA) is 62.7 Å². The van der Waals surface area contributed by atoms with Gasteiger partial charge >= 0.3 is 0 Å². The molecule has 1 amide bonds. The molecule has 1 saturated carbocycles. The van der Waals surface area contributed by atoms with Gasteiger partial charge in [0.1, 0.15) is 5.75 Å². The minimum Gasteiger partial charge on any atom is -0.495 e. The number of rotatable bonds is 6. The number of para-hydroxylation sites is 2. The van der Waals surface area contributed by atoms with Crippen LogP contribution in [-0.2, 0) is 4.79 Å². The summed E-state index contributed by atoms with van der Waals surface area (Å²) >= 11 is 0. The molecule has 0 aromatic heterocycles. The lowest BCUT2D eigenvalue weighted by molar-refractivity contribution is -0.119. The first-order valence-electron chi connectivity index (χ1n) is 9.05. The van der Waals surface area contributed by atoms with E-state index in [1.54, 1.807) is 7.11 Å². The normalized spacial score (nSPS) is 18.3. The molecule has 2 N–H and O–H groups in total. The molecule has 0 spiro atoms. The van der Waals surface area contributed by atoms with Crippen molar-refractivity contribution in [1.29, 1.82) is 0 Å². The molecule has 5 nitrogen and oxygen atoms in total. The molecule has 1 aliphatic carbocycles. The number of hydrogen-bond donors (Lipinski definition) is 2. The highest BCUT2D eigenvalue weighted by Gasteiger charge is 2.22. The Kier molecular flexibility index (Phi) is 6.25. The Morgan fingerprint density at radius 3 is 2.69 bits per heavy atom. The SMILES string of the molecule is COc1ccccc1NCC(=O)N/N=C1/CCCC[C@@H]1c1ccccc1. The Morgan fingerprint density at radius 2 is 1.88 bits per heavy atom. The lowest BCUT2D eigenvalue weighted by Gasteiger charge is -2.24. The van der Waals surface area contributed by atoms with Gasteiger partial charge in [0.05, 0.1) is 19.3 Å². The molecule has 1 aliphatic rings. The lowest BCUT2D eigenvalue weighted by Crippen LogP contribution is -2.29. The summed E-state index contributed by atoms with van der Waals surface area (Å²) in [6.45, 7) is 0.146. The number of hydrogen-bond acceptors (Lipinski definition) is 4. The number of amides is 1. The third-order valence-corrected chi connectivity index (χ3v) is 4.65. The van der Waals surface area contributed by atoms with Crippen LogP contribution in [0.5, 0.6) is 5.75 Å².